The van der Waals surface area contributed by atoms with Crippen molar-refractivity contribution in [1.82, 2.24) is 0 Å². The first kappa shape index (κ1) is 11.5. The van der Waals surface area contributed by atoms with Gasteiger partial charge in [-0.25, -0.2) is 4.39 Å². The SMILES string of the molecule is CC(F)c1cccc(OCCC(=O)O)c1. The van der Waals surface area contributed by atoms with Gasteiger partial charge in [-0.3, -0.25) is 4.79 Å². The van der Waals surface area contributed by atoms with E-state index in [1.165, 1.54) is 6.92 Å². The van der Waals surface area contributed by atoms with Crippen molar-refractivity contribution in [3.63, 3.8) is 0 Å². The van der Waals surface area contributed by atoms with Crippen LogP contribution in [0, 0.1) is 0 Å². The van der Waals surface area contributed by atoms with Crippen LogP contribution in [0.15, 0.2) is 24.3 Å². The van der Waals surface area contributed by atoms with Crippen LogP contribution in [0.5, 0.6) is 5.75 Å². The fraction of sp³-hybridized carbons (Fsp3) is 0.364. The summed E-state index contributed by atoms with van der Waals surface area (Å²) in [5, 5.41) is 8.39. The van der Waals surface area contributed by atoms with Gasteiger partial charge in [0, 0.05) is 0 Å². The lowest BCUT2D eigenvalue weighted by Gasteiger charge is -2.07. The number of hydrogen-bond donors (Lipinski definition) is 1. The van der Waals surface area contributed by atoms with E-state index in [0.29, 0.717) is 11.3 Å². The Bertz CT molecular complexity index is 336. The molecular weight excluding hydrogens is 199 g/mol. The van der Waals surface area contributed by atoms with Gasteiger partial charge >= 0.3 is 5.97 Å². The van der Waals surface area contributed by atoms with Crippen molar-refractivity contribution in [3.05, 3.63) is 29.8 Å². The summed E-state index contributed by atoms with van der Waals surface area (Å²) in [5.41, 5.74) is 0.530. The first-order chi connectivity index (χ1) is 7.09. The standard InChI is InChI=1S/C11H13FO3/c1-8(12)9-3-2-4-10(7-9)15-6-5-11(13)14/h2-4,7-8H,5-6H2,1H3,(H,13,14). The van der Waals surface area contributed by atoms with Crippen molar-refractivity contribution in [2.24, 2.45) is 0 Å². The zero-order valence-corrected chi connectivity index (χ0v) is 8.44. The van der Waals surface area contributed by atoms with Gasteiger partial charge in [-0.15, -0.1) is 0 Å². The highest BCUT2D eigenvalue weighted by Crippen LogP contribution is 2.21. The Balaban J connectivity index is 2.54. The number of ether oxygens (including phenoxy) is 1. The van der Waals surface area contributed by atoms with Crippen molar-refractivity contribution in [2.45, 2.75) is 19.5 Å². The molecule has 0 saturated heterocycles. The third-order valence-electron chi connectivity index (χ3n) is 1.90. The molecule has 0 amide bonds. The van der Waals surface area contributed by atoms with E-state index >= 15 is 0 Å². The first-order valence-electron chi connectivity index (χ1n) is 4.68. The van der Waals surface area contributed by atoms with Crippen molar-refractivity contribution in [2.75, 3.05) is 6.61 Å². The molecule has 15 heavy (non-hydrogen) atoms. The quantitative estimate of drug-likeness (QED) is 0.815. The Hall–Kier alpha value is -1.58. The lowest BCUT2D eigenvalue weighted by molar-refractivity contribution is -0.137. The maximum atomic E-state index is 12.9. The molecule has 82 valence electrons. The Labute approximate surface area is 87.5 Å². The molecule has 0 aromatic heterocycles. The average molecular weight is 212 g/mol. The maximum absolute atomic E-state index is 12.9. The minimum Gasteiger partial charge on any atom is -0.493 e. The van der Waals surface area contributed by atoms with Crippen LogP contribution in [0.2, 0.25) is 0 Å². The van der Waals surface area contributed by atoms with Crippen LogP contribution in [0.4, 0.5) is 4.39 Å². The lowest BCUT2D eigenvalue weighted by atomic mass is 10.1. The molecule has 0 fully saturated rings. The first-order valence-corrected chi connectivity index (χ1v) is 4.68. The van der Waals surface area contributed by atoms with Crippen molar-refractivity contribution in [3.8, 4) is 5.75 Å². The molecule has 0 aliphatic rings. The van der Waals surface area contributed by atoms with E-state index in [9.17, 15) is 9.18 Å². The Morgan fingerprint density at radius 3 is 2.93 bits per heavy atom. The predicted octanol–water partition coefficient (Wildman–Crippen LogP) is 2.57. The number of benzene rings is 1. The summed E-state index contributed by atoms with van der Waals surface area (Å²) in [6.45, 7) is 1.54. The molecule has 0 heterocycles. The monoisotopic (exact) mass is 212 g/mol. The lowest BCUT2D eigenvalue weighted by Crippen LogP contribution is -2.04. The number of alkyl halides is 1. The van der Waals surface area contributed by atoms with E-state index in [4.69, 9.17) is 9.84 Å². The molecule has 0 saturated carbocycles. The zero-order valence-electron chi connectivity index (χ0n) is 8.44. The smallest absolute Gasteiger partial charge is 0.306 e. The van der Waals surface area contributed by atoms with E-state index in [1.54, 1.807) is 24.3 Å². The van der Waals surface area contributed by atoms with Crippen molar-refractivity contribution in [1.29, 1.82) is 0 Å². The van der Waals surface area contributed by atoms with E-state index in [1.807, 2.05) is 0 Å². The van der Waals surface area contributed by atoms with Gasteiger partial charge in [0.1, 0.15) is 11.9 Å². The number of carboxylic acids is 1. The largest absolute Gasteiger partial charge is 0.493 e. The number of halogens is 1. The molecule has 1 N–H and O–H groups in total. The number of aliphatic carboxylic acids is 1. The molecule has 1 aromatic carbocycles. The van der Waals surface area contributed by atoms with Crippen LogP contribution in [-0.2, 0) is 4.79 Å². The molecule has 0 bridgehead atoms. The zero-order chi connectivity index (χ0) is 11.3. The topological polar surface area (TPSA) is 46.5 Å². The second-order valence-corrected chi connectivity index (χ2v) is 3.18. The molecule has 4 heteroatoms. The molecule has 1 rings (SSSR count). The molecule has 0 aliphatic carbocycles. The Morgan fingerprint density at radius 1 is 1.60 bits per heavy atom. The molecule has 1 aromatic rings. The normalized spacial score (nSPS) is 12.1. The van der Waals surface area contributed by atoms with Gasteiger partial charge in [-0.2, -0.15) is 0 Å². The summed E-state index contributed by atoms with van der Waals surface area (Å²) in [6.07, 6.45) is -1.11. The van der Waals surface area contributed by atoms with E-state index in [-0.39, 0.29) is 13.0 Å². The Kier molecular flexibility index (Phi) is 4.09. The Morgan fingerprint density at radius 2 is 2.33 bits per heavy atom. The summed E-state index contributed by atoms with van der Waals surface area (Å²) in [6, 6.07) is 6.59. The summed E-state index contributed by atoms with van der Waals surface area (Å²) < 4.78 is 18.1. The molecule has 0 radical (unpaired) electrons. The van der Waals surface area contributed by atoms with Gasteiger partial charge in [0.05, 0.1) is 13.0 Å². The summed E-state index contributed by atoms with van der Waals surface area (Å²) in [4.78, 5) is 10.2. The highest BCUT2D eigenvalue weighted by Gasteiger charge is 2.04. The van der Waals surface area contributed by atoms with Gasteiger partial charge in [-0.05, 0) is 24.6 Å². The van der Waals surface area contributed by atoms with Gasteiger partial charge in [0.25, 0.3) is 0 Å². The van der Waals surface area contributed by atoms with E-state index < -0.39 is 12.1 Å². The van der Waals surface area contributed by atoms with E-state index in [0.717, 1.165) is 0 Å². The summed E-state index contributed by atoms with van der Waals surface area (Å²) in [5.74, 6) is -0.414. The molecule has 3 nitrogen and oxygen atoms in total. The van der Waals surface area contributed by atoms with Gasteiger partial charge in [-0.1, -0.05) is 12.1 Å². The van der Waals surface area contributed by atoms with Crippen LogP contribution in [0.25, 0.3) is 0 Å². The molecule has 1 unspecified atom stereocenters. The third-order valence-corrected chi connectivity index (χ3v) is 1.90. The maximum Gasteiger partial charge on any atom is 0.306 e. The van der Waals surface area contributed by atoms with Crippen molar-refractivity contribution < 1.29 is 19.0 Å². The second kappa shape index (κ2) is 5.34. The fourth-order valence-corrected chi connectivity index (χ4v) is 1.11. The third kappa shape index (κ3) is 3.97. The summed E-state index contributed by atoms with van der Waals surface area (Å²) >= 11 is 0. The van der Waals surface area contributed by atoms with Crippen LogP contribution in [0.1, 0.15) is 25.1 Å². The number of hydrogen-bond acceptors (Lipinski definition) is 2. The average Bonchev–Trinajstić information content (AvgIpc) is 2.17. The van der Waals surface area contributed by atoms with Crippen LogP contribution < -0.4 is 4.74 Å². The van der Waals surface area contributed by atoms with Gasteiger partial charge < -0.3 is 9.84 Å². The molecular formula is C11H13FO3. The number of carboxylic acid groups (broad SMARTS) is 1. The van der Waals surface area contributed by atoms with Crippen LogP contribution in [0.3, 0.4) is 0 Å². The van der Waals surface area contributed by atoms with Crippen LogP contribution in [-0.4, -0.2) is 17.7 Å². The van der Waals surface area contributed by atoms with Crippen molar-refractivity contribution >= 4 is 5.97 Å². The minimum absolute atomic E-state index is 0.0601. The molecule has 0 aliphatic heterocycles. The molecule has 1 atom stereocenters. The van der Waals surface area contributed by atoms with Gasteiger partial charge in [0.2, 0.25) is 0 Å². The number of carbonyl (C=O) groups is 1. The van der Waals surface area contributed by atoms with E-state index in [2.05, 4.69) is 0 Å². The summed E-state index contributed by atoms with van der Waals surface area (Å²) in [7, 11) is 0. The fourth-order valence-electron chi connectivity index (χ4n) is 1.11. The van der Waals surface area contributed by atoms with Crippen LogP contribution >= 0.6 is 0 Å². The second-order valence-electron chi connectivity index (χ2n) is 3.18. The van der Waals surface area contributed by atoms with Gasteiger partial charge in [0.15, 0.2) is 0 Å². The highest BCUT2D eigenvalue weighted by atomic mass is 19.1. The molecule has 0 spiro atoms. The minimum atomic E-state index is -1.05. The number of rotatable bonds is 5. The highest BCUT2D eigenvalue weighted by molar-refractivity contribution is 5.66. The predicted molar refractivity (Wildman–Crippen MR) is 53.7 cm³/mol.